The van der Waals surface area contributed by atoms with E-state index in [1.165, 1.54) is 24.8 Å². The molecule has 0 bridgehead atoms. The summed E-state index contributed by atoms with van der Waals surface area (Å²) in [5, 5.41) is 0. The maximum absolute atomic E-state index is 6.10. The van der Waals surface area contributed by atoms with Gasteiger partial charge in [0.05, 0.1) is 0 Å². The number of hydrogen-bond donors (Lipinski definition) is 1. The highest BCUT2D eigenvalue weighted by atomic mass is 79.9. The molecule has 3 nitrogen and oxygen atoms in total. The van der Waals surface area contributed by atoms with Crippen molar-refractivity contribution >= 4 is 21.7 Å². The van der Waals surface area contributed by atoms with Crippen molar-refractivity contribution in [3.8, 4) is 0 Å². The first kappa shape index (κ1) is 12.8. The van der Waals surface area contributed by atoms with E-state index in [2.05, 4.69) is 45.7 Å². The summed E-state index contributed by atoms with van der Waals surface area (Å²) >= 11 is 3.46. The van der Waals surface area contributed by atoms with Crippen LogP contribution in [0.5, 0.6) is 0 Å². The highest BCUT2D eigenvalue weighted by molar-refractivity contribution is 9.10. The number of piperidine rings is 1. The molecule has 2 heterocycles. The Kier molecular flexibility index (Phi) is 4.05. The van der Waals surface area contributed by atoms with Gasteiger partial charge in [0.25, 0.3) is 0 Å². The van der Waals surface area contributed by atoms with Crippen molar-refractivity contribution in [1.82, 2.24) is 4.98 Å². The molecule has 0 amide bonds. The van der Waals surface area contributed by atoms with Crippen LogP contribution in [0.3, 0.4) is 0 Å². The Hall–Kier alpha value is -0.610. The van der Waals surface area contributed by atoms with Gasteiger partial charge < -0.3 is 10.6 Å². The third-order valence-electron chi connectivity index (χ3n) is 3.45. The van der Waals surface area contributed by atoms with Crippen molar-refractivity contribution < 1.29 is 0 Å². The highest BCUT2D eigenvalue weighted by Gasteiger charge is 2.27. The third-order valence-corrected chi connectivity index (χ3v) is 3.88. The number of halogens is 1. The minimum absolute atomic E-state index is 0.195. The molecule has 1 aliphatic rings. The number of anilines is 1. The van der Waals surface area contributed by atoms with Crippen LogP contribution in [0.15, 0.2) is 16.7 Å². The lowest BCUT2D eigenvalue weighted by atomic mass is 9.96. The van der Waals surface area contributed by atoms with Gasteiger partial charge in [-0.3, -0.25) is 0 Å². The van der Waals surface area contributed by atoms with Crippen LogP contribution in [0.25, 0.3) is 0 Å². The van der Waals surface area contributed by atoms with Crippen molar-refractivity contribution in [1.29, 1.82) is 0 Å². The zero-order valence-corrected chi connectivity index (χ0v) is 12.1. The van der Waals surface area contributed by atoms with E-state index in [4.69, 9.17) is 5.73 Å². The Morgan fingerprint density at radius 1 is 1.53 bits per heavy atom. The molecule has 0 saturated carbocycles. The number of nitrogens with two attached hydrogens (primary N) is 1. The van der Waals surface area contributed by atoms with Gasteiger partial charge in [-0.25, -0.2) is 4.98 Å². The van der Waals surface area contributed by atoms with Gasteiger partial charge in [0, 0.05) is 29.3 Å². The van der Waals surface area contributed by atoms with Crippen molar-refractivity contribution in [2.45, 2.75) is 45.2 Å². The van der Waals surface area contributed by atoms with E-state index in [-0.39, 0.29) is 6.04 Å². The van der Waals surface area contributed by atoms with E-state index < -0.39 is 0 Å². The fourth-order valence-electron chi connectivity index (χ4n) is 2.60. The maximum Gasteiger partial charge on any atom is 0.131 e. The second-order valence-electron chi connectivity index (χ2n) is 4.91. The Morgan fingerprint density at radius 3 is 2.94 bits per heavy atom. The van der Waals surface area contributed by atoms with Crippen LogP contribution in [0, 0.1) is 6.92 Å². The molecule has 0 aliphatic carbocycles. The van der Waals surface area contributed by atoms with E-state index in [9.17, 15) is 0 Å². The van der Waals surface area contributed by atoms with Crippen molar-refractivity contribution in [3.63, 3.8) is 0 Å². The molecule has 1 aromatic heterocycles. The Balaban J connectivity index is 2.29. The molecule has 2 rings (SSSR count). The van der Waals surface area contributed by atoms with Gasteiger partial charge in [-0.2, -0.15) is 0 Å². The number of aromatic nitrogens is 1. The monoisotopic (exact) mass is 297 g/mol. The van der Waals surface area contributed by atoms with Crippen LogP contribution in [-0.2, 0) is 0 Å². The first-order valence-corrected chi connectivity index (χ1v) is 7.03. The first-order chi connectivity index (χ1) is 8.09. The average Bonchev–Trinajstić information content (AvgIpc) is 2.29. The van der Waals surface area contributed by atoms with Gasteiger partial charge in [0.15, 0.2) is 0 Å². The smallest absolute Gasteiger partial charge is 0.131 e. The largest absolute Gasteiger partial charge is 0.352 e. The van der Waals surface area contributed by atoms with E-state index in [0.29, 0.717) is 6.04 Å². The molecule has 0 spiro atoms. The van der Waals surface area contributed by atoms with Gasteiger partial charge >= 0.3 is 0 Å². The van der Waals surface area contributed by atoms with Gasteiger partial charge in [0.2, 0.25) is 0 Å². The van der Waals surface area contributed by atoms with Gasteiger partial charge in [-0.15, -0.1) is 0 Å². The molecule has 94 valence electrons. The predicted octanol–water partition coefficient (Wildman–Crippen LogP) is 2.86. The molecule has 1 aromatic rings. The lowest BCUT2D eigenvalue weighted by Crippen LogP contribution is -2.49. The van der Waals surface area contributed by atoms with Crippen LogP contribution < -0.4 is 10.6 Å². The molecular formula is C13H20BrN3. The average molecular weight is 298 g/mol. The zero-order valence-electron chi connectivity index (χ0n) is 10.5. The minimum Gasteiger partial charge on any atom is -0.352 e. The van der Waals surface area contributed by atoms with Gasteiger partial charge in [-0.1, -0.05) is 0 Å². The van der Waals surface area contributed by atoms with E-state index >= 15 is 0 Å². The second kappa shape index (κ2) is 5.36. The lowest BCUT2D eigenvalue weighted by molar-refractivity contribution is 0.410. The van der Waals surface area contributed by atoms with Crippen LogP contribution in [-0.4, -0.2) is 23.6 Å². The number of rotatable bonds is 2. The summed E-state index contributed by atoms with van der Waals surface area (Å²) in [6, 6.07) is 2.74. The van der Waals surface area contributed by atoms with Crippen molar-refractivity contribution in [3.05, 3.63) is 22.3 Å². The minimum atomic E-state index is 0.195. The zero-order chi connectivity index (χ0) is 12.4. The number of pyridine rings is 1. The van der Waals surface area contributed by atoms with E-state index in [1.54, 1.807) is 0 Å². The normalized spacial score (nSPS) is 22.6. The number of hydrogen-bond acceptors (Lipinski definition) is 3. The Morgan fingerprint density at radius 2 is 2.29 bits per heavy atom. The standard InChI is InChI=1S/C13H20BrN3/c1-9-7-11(14)8-16-13(9)17-6-4-3-5-12(17)10(2)15/h7-8,10,12H,3-6,15H2,1-2H3. The van der Waals surface area contributed by atoms with Crippen molar-refractivity contribution in [2.24, 2.45) is 5.73 Å². The highest BCUT2D eigenvalue weighted by Crippen LogP contribution is 2.28. The molecule has 0 aromatic carbocycles. The summed E-state index contributed by atoms with van der Waals surface area (Å²) in [5.74, 6) is 1.09. The first-order valence-electron chi connectivity index (χ1n) is 6.24. The summed E-state index contributed by atoms with van der Waals surface area (Å²) < 4.78 is 1.04. The second-order valence-corrected chi connectivity index (χ2v) is 5.83. The summed E-state index contributed by atoms with van der Waals surface area (Å²) in [6.07, 6.45) is 5.56. The maximum atomic E-state index is 6.10. The van der Waals surface area contributed by atoms with Crippen LogP contribution in [0.4, 0.5) is 5.82 Å². The van der Waals surface area contributed by atoms with Gasteiger partial charge in [0.1, 0.15) is 5.82 Å². The van der Waals surface area contributed by atoms with E-state index in [1.807, 2.05) is 6.20 Å². The van der Waals surface area contributed by atoms with E-state index in [0.717, 1.165) is 16.8 Å². The summed E-state index contributed by atoms with van der Waals surface area (Å²) in [6.45, 7) is 5.28. The molecule has 0 radical (unpaired) electrons. The summed E-state index contributed by atoms with van der Waals surface area (Å²) in [7, 11) is 0. The molecule has 2 unspecified atom stereocenters. The molecule has 1 fully saturated rings. The summed E-state index contributed by atoms with van der Waals surface area (Å²) in [4.78, 5) is 6.94. The SMILES string of the molecule is Cc1cc(Br)cnc1N1CCCCC1C(C)N. The molecule has 4 heteroatoms. The van der Waals surface area contributed by atoms with Crippen molar-refractivity contribution in [2.75, 3.05) is 11.4 Å². The Bertz CT molecular complexity index is 392. The van der Waals surface area contributed by atoms with Crippen LogP contribution in [0.2, 0.25) is 0 Å². The molecule has 1 aliphatic heterocycles. The third kappa shape index (κ3) is 2.80. The fraction of sp³-hybridized carbons (Fsp3) is 0.615. The quantitative estimate of drug-likeness (QED) is 0.913. The topological polar surface area (TPSA) is 42.2 Å². The molecule has 2 N–H and O–H groups in total. The van der Waals surface area contributed by atoms with Crippen LogP contribution >= 0.6 is 15.9 Å². The van der Waals surface area contributed by atoms with Crippen LogP contribution in [0.1, 0.15) is 31.7 Å². The number of aryl methyl sites for hydroxylation is 1. The van der Waals surface area contributed by atoms with Gasteiger partial charge in [-0.05, 0) is 60.7 Å². The molecule has 17 heavy (non-hydrogen) atoms. The molecule has 2 atom stereocenters. The molecular weight excluding hydrogens is 278 g/mol. The Labute approximate surface area is 112 Å². The molecule has 1 saturated heterocycles. The lowest BCUT2D eigenvalue weighted by Gasteiger charge is -2.39. The predicted molar refractivity (Wildman–Crippen MR) is 75.3 cm³/mol. The number of nitrogens with zero attached hydrogens (tertiary/aromatic N) is 2. The fourth-order valence-corrected chi connectivity index (χ4v) is 3.05. The summed E-state index contributed by atoms with van der Waals surface area (Å²) in [5.41, 5.74) is 7.31.